The average Bonchev–Trinajstić information content (AvgIpc) is 2.37. The minimum absolute atomic E-state index is 0.0152. The largest absolute Gasteiger partial charge is 0.508 e. The Morgan fingerprint density at radius 3 is 2.50 bits per heavy atom. The van der Waals surface area contributed by atoms with Crippen molar-refractivity contribution >= 4 is 12.0 Å². The van der Waals surface area contributed by atoms with Crippen LogP contribution in [-0.2, 0) is 16.1 Å². The summed E-state index contributed by atoms with van der Waals surface area (Å²) in [5.41, 5.74) is 6.80. The van der Waals surface area contributed by atoms with E-state index >= 15 is 0 Å². The average molecular weight is 250 g/mol. The molecule has 0 saturated heterocycles. The molecule has 1 aromatic rings. The molecule has 0 unspecified atom stereocenters. The van der Waals surface area contributed by atoms with Crippen LogP contribution in [0.3, 0.4) is 0 Å². The second-order valence-electron chi connectivity index (χ2n) is 3.85. The Bertz CT molecular complexity index is 401. The van der Waals surface area contributed by atoms with Gasteiger partial charge < -0.3 is 15.2 Å². The Balaban J connectivity index is 2.34. The first-order chi connectivity index (χ1) is 8.63. The van der Waals surface area contributed by atoms with Crippen LogP contribution in [0.2, 0.25) is 0 Å². The maximum Gasteiger partial charge on any atom is 0.508 e. The lowest BCUT2D eigenvalue weighted by Gasteiger charge is -2.06. The van der Waals surface area contributed by atoms with Crippen molar-refractivity contribution in [1.29, 1.82) is 5.41 Å². The van der Waals surface area contributed by atoms with E-state index in [0.29, 0.717) is 12.2 Å². The molecule has 0 amide bonds. The van der Waals surface area contributed by atoms with E-state index in [1.54, 1.807) is 24.3 Å². The monoisotopic (exact) mass is 250 g/mol. The lowest BCUT2D eigenvalue weighted by Crippen LogP contribution is -2.11. The Morgan fingerprint density at radius 2 is 1.94 bits per heavy atom. The molecule has 0 fully saturated rings. The molecular weight excluding hydrogens is 232 g/mol. The first-order valence-electron chi connectivity index (χ1n) is 5.86. The first-order valence-corrected chi connectivity index (χ1v) is 5.86. The summed E-state index contributed by atoms with van der Waals surface area (Å²) in [6.07, 6.45) is 1.15. The van der Waals surface area contributed by atoms with E-state index in [2.05, 4.69) is 0 Å². The molecule has 5 nitrogen and oxygen atoms in total. The maximum absolute atomic E-state index is 11.2. The topological polar surface area (TPSA) is 85.4 Å². The Morgan fingerprint density at radius 1 is 1.28 bits per heavy atom. The molecule has 0 aromatic heterocycles. The van der Waals surface area contributed by atoms with Crippen LogP contribution in [0.25, 0.3) is 0 Å². The number of amidine groups is 1. The van der Waals surface area contributed by atoms with Crippen LogP contribution in [0, 0.1) is 5.41 Å². The molecule has 0 saturated carbocycles. The van der Waals surface area contributed by atoms with Crippen LogP contribution in [0.1, 0.15) is 30.9 Å². The van der Waals surface area contributed by atoms with Gasteiger partial charge in [0.25, 0.3) is 0 Å². The van der Waals surface area contributed by atoms with Gasteiger partial charge in [-0.3, -0.25) is 5.41 Å². The predicted octanol–water partition coefficient (Wildman–Crippen LogP) is 2.42. The van der Waals surface area contributed by atoms with Gasteiger partial charge in [-0.15, -0.1) is 0 Å². The highest BCUT2D eigenvalue weighted by Crippen LogP contribution is 2.06. The standard InChI is InChI=1S/C13H18N2O3/c1-2-3-8-17-13(16)18-9-10-4-6-11(7-5-10)12(14)15/h4-7H,2-3,8-9H2,1H3,(H3,14,15). The molecule has 0 spiro atoms. The molecule has 18 heavy (non-hydrogen) atoms. The fraction of sp³-hybridized carbons (Fsp3) is 0.385. The number of nitrogens with two attached hydrogens (primary N) is 1. The minimum Gasteiger partial charge on any atom is -0.434 e. The molecule has 0 aliphatic carbocycles. The first kappa shape index (κ1) is 14.0. The van der Waals surface area contributed by atoms with Crippen molar-refractivity contribution in [2.24, 2.45) is 5.73 Å². The highest BCUT2D eigenvalue weighted by atomic mass is 16.7. The number of nitrogens with one attached hydrogen (secondary N) is 1. The fourth-order valence-electron chi connectivity index (χ4n) is 1.26. The summed E-state index contributed by atoms with van der Waals surface area (Å²) >= 11 is 0. The maximum atomic E-state index is 11.2. The molecule has 5 heteroatoms. The fourth-order valence-corrected chi connectivity index (χ4v) is 1.26. The summed E-state index contributed by atoms with van der Waals surface area (Å²) in [6, 6.07) is 6.94. The van der Waals surface area contributed by atoms with E-state index in [-0.39, 0.29) is 12.4 Å². The zero-order valence-electron chi connectivity index (χ0n) is 10.4. The smallest absolute Gasteiger partial charge is 0.434 e. The minimum atomic E-state index is -0.654. The second-order valence-corrected chi connectivity index (χ2v) is 3.85. The van der Waals surface area contributed by atoms with Gasteiger partial charge >= 0.3 is 6.16 Å². The van der Waals surface area contributed by atoms with Gasteiger partial charge in [0.05, 0.1) is 6.61 Å². The molecule has 3 N–H and O–H groups in total. The van der Waals surface area contributed by atoms with Gasteiger partial charge in [-0.25, -0.2) is 4.79 Å². The molecule has 0 radical (unpaired) electrons. The molecule has 98 valence electrons. The van der Waals surface area contributed by atoms with Gasteiger partial charge in [0.1, 0.15) is 12.4 Å². The van der Waals surface area contributed by atoms with Crippen molar-refractivity contribution < 1.29 is 14.3 Å². The second kappa shape index (κ2) is 7.32. The molecule has 1 rings (SSSR count). The lowest BCUT2D eigenvalue weighted by molar-refractivity contribution is 0.0491. The zero-order valence-corrected chi connectivity index (χ0v) is 10.4. The number of ether oxygens (including phenoxy) is 2. The van der Waals surface area contributed by atoms with Crippen LogP contribution < -0.4 is 5.73 Å². The zero-order chi connectivity index (χ0) is 13.4. The summed E-state index contributed by atoms with van der Waals surface area (Å²) < 4.78 is 9.78. The normalized spacial score (nSPS) is 9.83. The highest BCUT2D eigenvalue weighted by molar-refractivity contribution is 5.94. The number of carbonyl (C=O) groups is 1. The van der Waals surface area contributed by atoms with E-state index in [4.69, 9.17) is 20.6 Å². The van der Waals surface area contributed by atoms with Crippen molar-refractivity contribution in [2.75, 3.05) is 6.61 Å². The van der Waals surface area contributed by atoms with Gasteiger partial charge in [0.15, 0.2) is 0 Å². The molecule has 0 bridgehead atoms. The number of hydrogen-bond donors (Lipinski definition) is 2. The molecule has 0 aliphatic heterocycles. The van der Waals surface area contributed by atoms with Crippen molar-refractivity contribution in [2.45, 2.75) is 26.4 Å². The van der Waals surface area contributed by atoms with E-state index < -0.39 is 6.16 Å². The van der Waals surface area contributed by atoms with E-state index in [1.165, 1.54) is 0 Å². The molecule has 0 heterocycles. The molecule has 1 aromatic carbocycles. The number of hydrogen-bond acceptors (Lipinski definition) is 4. The summed E-state index contributed by atoms with van der Waals surface area (Å²) in [5.74, 6) is 0.0152. The van der Waals surface area contributed by atoms with Crippen LogP contribution in [0.15, 0.2) is 24.3 Å². The van der Waals surface area contributed by atoms with E-state index in [0.717, 1.165) is 18.4 Å². The van der Waals surface area contributed by atoms with Crippen LogP contribution in [0.4, 0.5) is 4.79 Å². The summed E-state index contributed by atoms with van der Waals surface area (Å²) in [5, 5.41) is 7.24. The summed E-state index contributed by atoms with van der Waals surface area (Å²) in [6.45, 7) is 2.56. The Hall–Kier alpha value is -2.04. The van der Waals surface area contributed by atoms with Gasteiger partial charge in [-0.05, 0) is 12.0 Å². The third-order valence-corrected chi connectivity index (χ3v) is 2.34. The van der Waals surface area contributed by atoms with Gasteiger partial charge in [-0.1, -0.05) is 37.6 Å². The van der Waals surface area contributed by atoms with E-state index in [9.17, 15) is 4.79 Å². The van der Waals surface area contributed by atoms with Crippen LogP contribution in [-0.4, -0.2) is 18.6 Å². The summed E-state index contributed by atoms with van der Waals surface area (Å²) in [4.78, 5) is 11.2. The lowest BCUT2D eigenvalue weighted by atomic mass is 10.1. The molecular formula is C13H18N2O3. The van der Waals surface area contributed by atoms with Crippen molar-refractivity contribution in [3.8, 4) is 0 Å². The highest BCUT2D eigenvalue weighted by Gasteiger charge is 2.04. The molecule has 0 atom stereocenters. The number of carbonyl (C=O) groups excluding carboxylic acids is 1. The SMILES string of the molecule is CCCCOC(=O)OCc1ccc(C(=N)N)cc1. The van der Waals surface area contributed by atoms with Crippen LogP contribution in [0.5, 0.6) is 0 Å². The van der Waals surface area contributed by atoms with Crippen molar-refractivity contribution in [3.05, 3.63) is 35.4 Å². The molecule has 0 aliphatic rings. The number of rotatable bonds is 6. The van der Waals surface area contributed by atoms with Gasteiger partial charge in [-0.2, -0.15) is 0 Å². The van der Waals surface area contributed by atoms with E-state index in [1.807, 2.05) is 6.92 Å². The summed E-state index contributed by atoms with van der Waals surface area (Å²) in [7, 11) is 0. The van der Waals surface area contributed by atoms with Gasteiger partial charge in [0, 0.05) is 5.56 Å². The third kappa shape index (κ3) is 4.86. The predicted molar refractivity (Wildman–Crippen MR) is 68.5 cm³/mol. The number of unbranched alkanes of at least 4 members (excludes halogenated alkanes) is 1. The Kier molecular flexibility index (Phi) is 5.70. The number of benzene rings is 1. The number of nitrogen functional groups attached to an aromatic ring is 1. The van der Waals surface area contributed by atoms with Crippen LogP contribution >= 0.6 is 0 Å². The van der Waals surface area contributed by atoms with Gasteiger partial charge in [0.2, 0.25) is 0 Å². The van der Waals surface area contributed by atoms with Crippen molar-refractivity contribution in [3.63, 3.8) is 0 Å². The van der Waals surface area contributed by atoms with Crippen molar-refractivity contribution in [1.82, 2.24) is 0 Å². The Labute approximate surface area is 106 Å². The quantitative estimate of drug-likeness (QED) is 0.351. The third-order valence-electron chi connectivity index (χ3n) is 2.34.